The number of pyridine rings is 1. The number of ether oxygens (including phenoxy) is 1. The summed E-state index contributed by atoms with van der Waals surface area (Å²) in [5.74, 6) is 1.98. The molecule has 0 radical (unpaired) electrons. The predicted molar refractivity (Wildman–Crippen MR) is 123 cm³/mol. The Morgan fingerprint density at radius 3 is 2.62 bits per heavy atom. The lowest BCUT2D eigenvalue weighted by molar-refractivity contribution is 0.288. The summed E-state index contributed by atoms with van der Waals surface area (Å²) in [5, 5.41) is 6.64. The van der Waals surface area contributed by atoms with E-state index < -0.39 is 0 Å². The summed E-state index contributed by atoms with van der Waals surface area (Å²) in [6.45, 7) is 2.05. The maximum absolute atomic E-state index is 14.1. The molecule has 0 bridgehead atoms. The average molecular weight is 510 g/mol. The van der Waals surface area contributed by atoms with Gasteiger partial charge >= 0.3 is 0 Å². The zero-order chi connectivity index (χ0) is 19.4. The van der Waals surface area contributed by atoms with E-state index in [-0.39, 0.29) is 35.2 Å². The van der Waals surface area contributed by atoms with Crippen LogP contribution in [0.3, 0.4) is 0 Å². The van der Waals surface area contributed by atoms with Gasteiger partial charge in [-0.05, 0) is 48.8 Å². The fourth-order valence-corrected chi connectivity index (χ4v) is 3.33. The number of nitrogens with one attached hydrogen (secondary N) is 2. The summed E-state index contributed by atoms with van der Waals surface area (Å²) in [6.07, 6.45) is 6.34. The molecule has 4 rings (SSSR count). The summed E-state index contributed by atoms with van der Waals surface area (Å²) < 4.78 is 19.8. The lowest BCUT2D eigenvalue weighted by Gasteiger charge is -2.19. The monoisotopic (exact) mass is 510 g/mol. The largest absolute Gasteiger partial charge is 0.477 e. The van der Waals surface area contributed by atoms with Crippen LogP contribution in [0.15, 0.2) is 47.6 Å². The third kappa shape index (κ3) is 5.81. The summed E-state index contributed by atoms with van der Waals surface area (Å²) in [4.78, 5) is 8.64. The highest BCUT2D eigenvalue weighted by atomic mass is 127. The number of rotatable bonds is 8. The molecule has 1 heterocycles. The Bertz CT molecular complexity index is 835. The van der Waals surface area contributed by atoms with E-state index in [0.717, 1.165) is 36.5 Å². The Morgan fingerprint density at radius 2 is 2.00 bits per heavy atom. The standard InChI is InChI=1S/C22H27FN4O.HI/c1-24-21(27-15-22(10-11-22)18-4-2-3-5-19(18)23)26-13-17-8-9-20(25-12-17)28-14-16-6-7-16;/h2-5,8-9,12,16H,6-7,10-11,13-15H2,1H3,(H2,24,26,27);1H. The number of nitrogens with zero attached hydrogens (tertiary/aromatic N) is 2. The Hall–Kier alpha value is -1.90. The number of aliphatic imine (C=N–C) groups is 1. The molecule has 0 atom stereocenters. The fraction of sp³-hybridized carbons (Fsp3) is 0.455. The zero-order valence-electron chi connectivity index (χ0n) is 16.7. The van der Waals surface area contributed by atoms with Crippen molar-refractivity contribution < 1.29 is 9.13 Å². The molecule has 0 spiro atoms. The molecule has 2 aliphatic rings. The second kappa shape index (κ2) is 9.73. The molecule has 2 aromatic rings. The number of hydrogen-bond acceptors (Lipinski definition) is 3. The molecule has 0 aliphatic heterocycles. The molecule has 156 valence electrons. The molecule has 29 heavy (non-hydrogen) atoms. The van der Waals surface area contributed by atoms with Gasteiger partial charge in [0.1, 0.15) is 5.82 Å². The van der Waals surface area contributed by atoms with Crippen molar-refractivity contribution in [3.05, 3.63) is 59.5 Å². The van der Waals surface area contributed by atoms with Crippen molar-refractivity contribution in [3.63, 3.8) is 0 Å². The number of benzene rings is 1. The van der Waals surface area contributed by atoms with Crippen molar-refractivity contribution in [2.75, 3.05) is 20.2 Å². The third-order valence-corrected chi connectivity index (χ3v) is 5.54. The van der Waals surface area contributed by atoms with Gasteiger partial charge in [0.25, 0.3) is 0 Å². The molecule has 2 aliphatic carbocycles. The summed E-state index contributed by atoms with van der Waals surface area (Å²) in [6, 6.07) is 11.0. The van der Waals surface area contributed by atoms with Crippen molar-refractivity contribution in [1.29, 1.82) is 0 Å². The predicted octanol–water partition coefficient (Wildman–Crippen LogP) is 4.02. The SMILES string of the molecule is CN=C(NCc1ccc(OCC2CC2)nc1)NCC1(c2ccccc2F)CC1.I. The average Bonchev–Trinajstić information content (AvgIpc) is 3.64. The molecule has 1 aromatic carbocycles. The van der Waals surface area contributed by atoms with Crippen LogP contribution >= 0.6 is 24.0 Å². The Balaban J connectivity index is 0.00000240. The minimum Gasteiger partial charge on any atom is -0.477 e. The van der Waals surface area contributed by atoms with E-state index in [2.05, 4.69) is 20.6 Å². The van der Waals surface area contributed by atoms with Crippen LogP contribution in [0.5, 0.6) is 5.88 Å². The molecular weight excluding hydrogens is 482 g/mol. The summed E-state index contributed by atoms with van der Waals surface area (Å²) in [5.41, 5.74) is 1.73. The first kappa shape index (κ1) is 21.8. The first-order chi connectivity index (χ1) is 13.7. The number of hydrogen-bond donors (Lipinski definition) is 2. The van der Waals surface area contributed by atoms with Crippen LogP contribution in [0, 0.1) is 11.7 Å². The zero-order valence-corrected chi connectivity index (χ0v) is 19.0. The highest BCUT2D eigenvalue weighted by Gasteiger charge is 2.45. The first-order valence-corrected chi connectivity index (χ1v) is 9.96. The molecule has 2 saturated carbocycles. The van der Waals surface area contributed by atoms with Crippen LogP contribution in [0.1, 0.15) is 36.8 Å². The van der Waals surface area contributed by atoms with Crippen molar-refractivity contribution in [2.24, 2.45) is 10.9 Å². The second-order valence-corrected chi connectivity index (χ2v) is 7.80. The Kier molecular flexibility index (Phi) is 7.32. The minimum atomic E-state index is -0.125. The highest BCUT2D eigenvalue weighted by Crippen LogP contribution is 2.48. The molecule has 0 unspecified atom stereocenters. The molecule has 5 nitrogen and oxygen atoms in total. The fourth-order valence-electron chi connectivity index (χ4n) is 3.33. The van der Waals surface area contributed by atoms with Gasteiger partial charge in [0.2, 0.25) is 5.88 Å². The Labute approximate surface area is 188 Å². The first-order valence-electron chi connectivity index (χ1n) is 9.96. The van der Waals surface area contributed by atoms with E-state index in [1.165, 1.54) is 18.9 Å². The number of guanidine groups is 1. The van der Waals surface area contributed by atoms with Crippen LogP contribution < -0.4 is 15.4 Å². The topological polar surface area (TPSA) is 58.5 Å². The number of halogens is 2. The van der Waals surface area contributed by atoms with E-state index in [1.807, 2.05) is 30.5 Å². The van der Waals surface area contributed by atoms with Crippen molar-refractivity contribution >= 4 is 29.9 Å². The molecule has 7 heteroatoms. The van der Waals surface area contributed by atoms with E-state index in [1.54, 1.807) is 13.1 Å². The van der Waals surface area contributed by atoms with Crippen LogP contribution in [0.2, 0.25) is 0 Å². The van der Waals surface area contributed by atoms with Crippen molar-refractivity contribution in [3.8, 4) is 5.88 Å². The van der Waals surface area contributed by atoms with Gasteiger partial charge in [0, 0.05) is 37.8 Å². The number of aromatic nitrogens is 1. The van der Waals surface area contributed by atoms with Gasteiger partial charge in [-0.1, -0.05) is 24.3 Å². The molecule has 2 N–H and O–H groups in total. The van der Waals surface area contributed by atoms with Crippen molar-refractivity contribution in [1.82, 2.24) is 15.6 Å². The van der Waals surface area contributed by atoms with Gasteiger partial charge in [-0.3, -0.25) is 4.99 Å². The smallest absolute Gasteiger partial charge is 0.213 e. The Morgan fingerprint density at radius 1 is 1.21 bits per heavy atom. The van der Waals surface area contributed by atoms with E-state index in [4.69, 9.17) is 4.74 Å². The second-order valence-electron chi connectivity index (χ2n) is 7.80. The quantitative estimate of drug-likeness (QED) is 0.320. The van der Waals surface area contributed by atoms with Gasteiger partial charge in [-0.25, -0.2) is 9.37 Å². The van der Waals surface area contributed by atoms with E-state index in [9.17, 15) is 4.39 Å². The lowest BCUT2D eigenvalue weighted by Crippen LogP contribution is -2.41. The van der Waals surface area contributed by atoms with Crippen LogP contribution in [0.4, 0.5) is 4.39 Å². The maximum atomic E-state index is 14.1. The van der Waals surface area contributed by atoms with Gasteiger partial charge < -0.3 is 15.4 Å². The maximum Gasteiger partial charge on any atom is 0.213 e. The summed E-state index contributed by atoms with van der Waals surface area (Å²) in [7, 11) is 1.74. The van der Waals surface area contributed by atoms with Crippen LogP contribution in [-0.2, 0) is 12.0 Å². The van der Waals surface area contributed by atoms with E-state index in [0.29, 0.717) is 24.9 Å². The summed E-state index contributed by atoms with van der Waals surface area (Å²) >= 11 is 0. The lowest BCUT2D eigenvalue weighted by atomic mass is 9.95. The normalized spacial score (nSPS) is 17.2. The van der Waals surface area contributed by atoms with Gasteiger partial charge in [0.15, 0.2) is 5.96 Å². The third-order valence-electron chi connectivity index (χ3n) is 5.54. The van der Waals surface area contributed by atoms with Crippen LogP contribution in [-0.4, -0.2) is 31.1 Å². The van der Waals surface area contributed by atoms with Gasteiger partial charge in [-0.15, -0.1) is 24.0 Å². The minimum absolute atomic E-state index is 0. The van der Waals surface area contributed by atoms with Crippen LogP contribution in [0.25, 0.3) is 0 Å². The molecular formula is C22H28FIN4O. The van der Waals surface area contributed by atoms with Crippen molar-refractivity contribution in [2.45, 2.75) is 37.6 Å². The molecule has 0 saturated heterocycles. The molecule has 1 aromatic heterocycles. The van der Waals surface area contributed by atoms with Gasteiger partial charge in [-0.2, -0.15) is 0 Å². The molecule has 2 fully saturated rings. The molecule has 0 amide bonds. The highest BCUT2D eigenvalue weighted by molar-refractivity contribution is 14.0. The van der Waals surface area contributed by atoms with E-state index >= 15 is 0 Å². The van der Waals surface area contributed by atoms with Gasteiger partial charge in [0.05, 0.1) is 6.61 Å².